The summed E-state index contributed by atoms with van der Waals surface area (Å²) in [6.45, 7) is -1.02. The third-order valence-electron chi connectivity index (χ3n) is 4.29. The minimum atomic E-state index is -8.73. The zero-order valence-corrected chi connectivity index (χ0v) is 16.7. The van der Waals surface area contributed by atoms with Gasteiger partial charge in [0.25, 0.3) is 10.1 Å². The molecule has 0 aromatic carbocycles. The molecule has 0 aromatic heterocycles. The lowest BCUT2D eigenvalue weighted by atomic mass is 9.88. The average Bonchev–Trinajstić information content (AvgIpc) is 3.47. The lowest BCUT2D eigenvalue weighted by molar-refractivity contribution is -0.461. The van der Waals surface area contributed by atoms with Crippen LogP contribution in [0.3, 0.4) is 0 Å². The Hall–Kier alpha value is -1.32. The Balaban J connectivity index is 3.35. The van der Waals surface area contributed by atoms with Gasteiger partial charge in [-0.2, -0.15) is 83.1 Å². The summed E-state index contributed by atoms with van der Waals surface area (Å²) in [7, 11) is -5.32. The van der Waals surface area contributed by atoms with Gasteiger partial charge in [-0.25, -0.2) is 0 Å². The molecule has 0 aliphatic carbocycles. The van der Waals surface area contributed by atoms with E-state index in [0.717, 1.165) is 0 Å². The molecule has 0 spiro atoms. The van der Waals surface area contributed by atoms with Crippen molar-refractivity contribution in [2.75, 3.05) is 19.0 Å². The average molecular weight is 584 g/mol. The number of hydrogen-bond donors (Lipinski definition) is 0. The minimum Gasteiger partial charge on any atom is -0.371 e. The van der Waals surface area contributed by atoms with Crippen LogP contribution in [0.5, 0.6) is 0 Å². The molecule has 1 fully saturated rings. The third kappa shape index (κ3) is 5.10. The van der Waals surface area contributed by atoms with Gasteiger partial charge in [0.05, 0.1) is 19.0 Å². The van der Waals surface area contributed by atoms with Crippen LogP contribution in [-0.4, -0.2) is 81.1 Å². The largest absolute Gasteiger partial charge is 0.460 e. The summed E-state index contributed by atoms with van der Waals surface area (Å²) in [6.07, 6.45) is -11.9. The SMILES string of the molecule is O=S(=O)(CCC(F)(F)C(F)(F)C(F)(F)C(F)(F)C(F)(F)C(F)(F)C(F)(F)C(F)(F)F)OC[C@H]1CO1. The van der Waals surface area contributed by atoms with Crippen LogP contribution in [0.4, 0.5) is 74.6 Å². The van der Waals surface area contributed by atoms with Gasteiger partial charge in [-0.05, 0) is 0 Å². The van der Waals surface area contributed by atoms with Crippen molar-refractivity contribution in [2.45, 2.75) is 60.2 Å². The second-order valence-electron chi connectivity index (χ2n) is 6.90. The molecule has 1 heterocycles. The van der Waals surface area contributed by atoms with Crippen LogP contribution < -0.4 is 0 Å². The zero-order chi connectivity index (χ0) is 28.3. The fraction of sp³-hybridized carbons (Fsp3) is 1.00. The van der Waals surface area contributed by atoms with Crippen LogP contribution in [0.25, 0.3) is 0 Å². The topological polar surface area (TPSA) is 55.9 Å². The van der Waals surface area contributed by atoms with E-state index in [-0.39, 0.29) is 6.61 Å². The summed E-state index contributed by atoms with van der Waals surface area (Å²) in [5.74, 6) is -59.8. The lowest BCUT2D eigenvalue weighted by Crippen LogP contribution is -2.74. The Bertz CT molecular complexity index is 875. The lowest BCUT2D eigenvalue weighted by Gasteiger charge is -2.42. The Morgan fingerprint density at radius 2 is 0.971 bits per heavy atom. The molecule has 0 N–H and O–H groups in total. The summed E-state index contributed by atoms with van der Waals surface area (Å²) in [6, 6.07) is 0. The van der Waals surface area contributed by atoms with Crippen LogP contribution in [-0.2, 0) is 19.0 Å². The van der Waals surface area contributed by atoms with Gasteiger partial charge in [0.1, 0.15) is 6.10 Å². The maximum atomic E-state index is 13.6. The fourth-order valence-electron chi connectivity index (χ4n) is 2.01. The highest BCUT2D eigenvalue weighted by molar-refractivity contribution is 7.86. The Morgan fingerprint density at radius 1 is 0.629 bits per heavy atom. The summed E-state index contributed by atoms with van der Waals surface area (Å²) in [5, 5.41) is 0. The maximum absolute atomic E-state index is 13.6. The van der Waals surface area contributed by atoms with Crippen molar-refractivity contribution in [3.63, 3.8) is 0 Å². The highest BCUT2D eigenvalue weighted by Gasteiger charge is 2.95. The van der Waals surface area contributed by atoms with Crippen molar-refractivity contribution < 1.29 is 92.0 Å². The van der Waals surface area contributed by atoms with E-state index < -0.39 is 82.6 Å². The van der Waals surface area contributed by atoms with E-state index in [1.165, 1.54) is 0 Å². The van der Waals surface area contributed by atoms with Crippen LogP contribution >= 0.6 is 0 Å². The van der Waals surface area contributed by atoms with Gasteiger partial charge in [-0.3, -0.25) is 4.18 Å². The fourth-order valence-corrected chi connectivity index (χ4v) is 2.99. The Kier molecular flexibility index (Phi) is 7.81. The van der Waals surface area contributed by atoms with Crippen molar-refractivity contribution in [3.8, 4) is 0 Å². The van der Waals surface area contributed by atoms with E-state index in [9.17, 15) is 83.1 Å². The number of rotatable bonds is 12. The number of hydrogen-bond acceptors (Lipinski definition) is 4. The molecule has 22 heteroatoms. The summed E-state index contributed by atoms with van der Waals surface area (Å²) in [4.78, 5) is 0. The van der Waals surface area contributed by atoms with Crippen molar-refractivity contribution in [3.05, 3.63) is 0 Å². The molecule has 1 saturated heterocycles. The molecule has 0 unspecified atom stereocenters. The van der Waals surface area contributed by atoms with Crippen molar-refractivity contribution in [1.82, 2.24) is 0 Å². The van der Waals surface area contributed by atoms with E-state index in [1.54, 1.807) is 0 Å². The van der Waals surface area contributed by atoms with Gasteiger partial charge in [-0.15, -0.1) is 0 Å². The molecule has 1 atom stereocenters. The molecule has 1 rings (SSSR count). The standard InChI is InChI=1S/C13H9F17O4S/c14-6(15,1-2-35(31,32)34-4-5-3-33-5)7(16,17)8(18,19)9(20,21)10(22,23)11(24,25)12(26,27)13(28,29)30/h5H,1-4H2/t5-/m1/s1. The first-order valence-corrected chi connectivity index (χ1v) is 9.81. The molecule has 0 saturated carbocycles. The number of epoxide rings is 1. The molecule has 4 nitrogen and oxygen atoms in total. The molecule has 210 valence electrons. The summed E-state index contributed by atoms with van der Waals surface area (Å²) < 4.78 is 253. The monoisotopic (exact) mass is 584 g/mol. The van der Waals surface area contributed by atoms with Gasteiger partial charge in [0.2, 0.25) is 0 Å². The number of ether oxygens (including phenoxy) is 1. The zero-order valence-electron chi connectivity index (χ0n) is 15.9. The molecular weight excluding hydrogens is 575 g/mol. The van der Waals surface area contributed by atoms with Crippen LogP contribution in [0.15, 0.2) is 0 Å². The molecule has 0 bridgehead atoms. The van der Waals surface area contributed by atoms with E-state index >= 15 is 0 Å². The molecule has 35 heavy (non-hydrogen) atoms. The van der Waals surface area contributed by atoms with Gasteiger partial charge in [0.15, 0.2) is 0 Å². The van der Waals surface area contributed by atoms with Gasteiger partial charge in [-0.1, -0.05) is 0 Å². The summed E-state index contributed by atoms with van der Waals surface area (Å²) >= 11 is 0. The first kappa shape index (κ1) is 31.7. The first-order chi connectivity index (χ1) is 15.0. The van der Waals surface area contributed by atoms with E-state index in [1.807, 2.05) is 0 Å². The van der Waals surface area contributed by atoms with Gasteiger partial charge < -0.3 is 4.74 Å². The second kappa shape index (κ2) is 8.62. The van der Waals surface area contributed by atoms with Crippen molar-refractivity contribution in [1.29, 1.82) is 0 Å². The molecule has 0 radical (unpaired) electrons. The highest BCUT2D eigenvalue weighted by atomic mass is 32.2. The molecular formula is C13H9F17O4S. The predicted octanol–water partition coefficient (Wildman–Crippen LogP) is 5.13. The molecule has 1 aliphatic heterocycles. The molecule has 1 aliphatic rings. The van der Waals surface area contributed by atoms with Crippen molar-refractivity contribution >= 4 is 10.1 Å². The van der Waals surface area contributed by atoms with E-state index in [2.05, 4.69) is 8.92 Å². The third-order valence-corrected chi connectivity index (χ3v) is 5.49. The highest BCUT2D eigenvalue weighted by Crippen LogP contribution is 2.64. The van der Waals surface area contributed by atoms with E-state index in [0.29, 0.717) is 0 Å². The van der Waals surface area contributed by atoms with Crippen LogP contribution in [0, 0.1) is 0 Å². The summed E-state index contributed by atoms with van der Waals surface area (Å²) in [5.41, 5.74) is 0. The van der Waals surface area contributed by atoms with Crippen LogP contribution in [0.2, 0.25) is 0 Å². The smallest absolute Gasteiger partial charge is 0.371 e. The Labute approximate surface area is 182 Å². The quantitative estimate of drug-likeness (QED) is 0.182. The van der Waals surface area contributed by atoms with Gasteiger partial charge >= 0.3 is 47.6 Å². The second-order valence-corrected chi connectivity index (χ2v) is 8.66. The molecule has 0 amide bonds. The predicted molar refractivity (Wildman–Crippen MR) is 74.8 cm³/mol. The maximum Gasteiger partial charge on any atom is 0.460 e. The Morgan fingerprint density at radius 3 is 1.31 bits per heavy atom. The number of alkyl halides is 17. The minimum absolute atomic E-state index is 0.114. The van der Waals surface area contributed by atoms with E-state index in [4.69, 9.17) is 0 Å². The van der Waals surface area contributed by atoms with Crippen molar-refractivity contribution in [2.24, 2.45) is 0 Å². The first-order valence-electron chi connectivity index (χ1n) is 8.23. The number of halogens is 17. The normalized spacial score (nSPS) is 19.7. The molecule has 0 aromatic rings. The van der Waals surface area contributed by atoms with Crippen LogP contribution in [0.1, 0.15) is 6.42 Å². The van der Waals surface area contributed by atoms with Gasteiger partial charge in [0, 0.05) is 6.42 Å².